The molecule has 0 saturated heterocycles. The third-order valence-electron chi connectivity index (χ3n) is 1.52. The predicted octanol–water partition coefficient (Wildman–Crippen LogP) is 2.60. The van der Waals surface area contributed by atoms with Gasteiger partial charge in [-0.3, -0.25) is 0 Å². The first kappa shape index (κ1) is 7.61. The minimum atomic E-state index is 0.372. The Balaban J connectivity index is 3.17. The quantitative estimate of drug-likeness (QED) is 0.692. The highest BCUT2D eigenvalue weighted by Gasteiger charge is 2.00. The van der Waals surface area contributed by atoms with Crippen molar-refractivity contribution in [2.45, 2.75) is 12.3 Å². The van der Waals surface area contributed by atoms with Gasteiger partial charge in [0.2, 0.25) is 0 Å². The molecule has 1 aromatic rings. The lowest BCUT2D eigenvalue weighted by atomic mass is 10.1. The van der Waals surface area contributed by atoms with E-state index < -0.39 is 0 Å². The summed E-state index contributed by atoms with van der Waals surface area (Å²) in [6.45, 7) is 1.98. The number of aryl methyl sites for hydroxylation is 1. The molecule has 1 nitrogen and oxygen atoms in total. The van der Waals surface area contributed by atoms with Crippen LogP contribution in [-0.2, 0) is 5.33 Å². The summed E-state index contributed by atoms with van der Waals surface area (Å²) in [5.74, 6) is 0.372. The van der Waals surface area contributed by atoms with Crippen molar-refractivity contribution in [2.75, 3.05) is 0 Å². The number of phenolic OH excluding ortho intramolecular Hbond substituents is 1. The smallest absolute Gasteiger partial charge is 0.119 e. The highest BCUT2D eigenvalue weighted by molar-refractivity contribution is 9.08. The fourth-order valence-corrected chi connectivity index (χ4v) is 1.59. The van der Waals surface area contributed by atoms with Gasteiger partial charge in [-0.05, 0) is 18.6 Å². The highest BCUT2D eigenvalue weighted by atomic mass is 79.9. The first-order valence-electron chi connectivity index (χ1n) is 3.09. The summed E-state index contributed by atoms with van der Waals surface area (Å²) in [5, 5.41) is 9.98. The van der Waals surface area contributed by atoms with Crippen LogP contribution in [0.4, 0.5) is 0 Å². The SMILES string of the molecule is Cc1cccc(O)c1CBr. The number of alkyl halides is 1. The largest absolute Gasteiger partial charge is 0.508 e. The maximum atomic E-state index is 9.26. The first-order chi connectivity index (χ1) is 4.75. The Labute approximate surface area is 68.8 Å². The standard InChI is InChI=1S/C8H9BrO/c1-6-3-2-4-8(10)7(6)5-9/h2-4,10H,5H2,1H3. The molecule has 0 aliphatic rings. The van der Waals surface area contributed by atoms with E-state index in [0.717, 1.165) is 11.1 Å². The summed E-state index contributed by atoms with van der Waals surface area (Å²) in [6, 6.07) is 5.52. The second-order valence-corrected chi connectivity index (χ2v) is 2.77. The average molecular weight is 201 g/mol. The van der Waals surface area contributed by atoms with Gasteiger partial charge in [-0.2, -0.15) is 0 Å². The average Bonchev–Trinajstić information content (AvgIpc) is 1.88. The Morgan fingerprint density at radius 3 is 2.60 bits per heavy atom. The Morgan fingerprint density at radius 1 is 1.50 bits per heavy atom. The van der Waals surface area contributed by atoms with Gasteiger partial charge in [0, 0.05) is 10.9 Å². The van der Waals surface area contributed by atoms with E-state index in [9.17, 15) is 5.11 Å². The van der Waals surface area contributed by atoms with Crippen LogP contribution in [0.15, 0.2) is 18.2 Å². The van der Waals surface area contributed by atoms with Crippen LogP contribution in [0.25, 0.3) is 0 Å². The third kappa shape index (κ3) is 1.32. The molecular formula is C8H9BrO. The van der Waals surface area contributed by atoms with Gasteiger partial charge in [-0.15, -0.1) is 0 Å². The summed E-state index contributed by atoms with van der Waals surface area (Å²) in [7, 11) is 0. The van der Waals surface area contributed by atoms with Crippen molar-refractivity contribution in [1.29, 1.82) is 0 Å². The molecule has 0 spiro atoms. The van der Waals surface area contributed by atoms with Crippen LogP contribution in [0.1, 0.15) is 11.1 Å². The van der Waals surface area contributed by atoms with Crippen LogP contribution in [0.3, 0.4) is 0 Å². The van der Waals surface area contributed by atoms with Crippen molar-refractivity contribution in [1.82, 2.24) is 0 Å². The van der Waals surface area contributed by atoms with Gasteiger partial charge in [0.15, 0.2) is 0 Å². The molecule has 1 aromatic carbocycles. The van der Waals surface area contributed by atoms with Crippen molar-refractivity contribution in [3.63, 3.8) is 0 Å². The van der Waals surface area contributed by atoms with Crippen LogP contribution in [0.5, 0.6) is 5.75 Å². The molecule has 0 atom stereocenters. The normalized spacial score (nSPS) is 9.80. The number of phenols is 1. The molecule has 10 heavy (non-hydrogen) atoms. The summed E-state index contributed by atoms with van der Waals surface area (Å²) in [6.07, 6.45) is 0. The summed E-state index contributed by atoms with van der Waals surface area (Å²) < 4.78 is 0. The number of rotatable bonds is 1. The van der Waals surface area contributed by atoms with E-state index in [0.29, 0.717) is 11.1 Å². The third-order valence-corrected chi connectivity index (χ3v) is 2.08. The topological polar surface area (TPSA) is 20.2 Å². The van der Waals surface area contributed by atoms with Gasteiger partial charge in [0.05, 0.1) is 0 Å². The van der Waals surface area contributed by atoms with Crippen molar-refractivity contribution >= 4 is 15.9 Å². The molecule has 1 N–H and O–H groups in total. The monoisotopic (exact) mass is 200 g/mol. The fourth-order valence-electron chi connectivity index (χ4n) is 0.861. The van der Waals surface area contributed by atoms with E-state index in [1.165, 1.54) is 0 Å². The Kier molecular flexibility index (Phi) is 2.33. The van der Waals surface area contributed by atoms with Crippen LogP contribution >= 0.6 is 15.9 Å². The Hall–Kier alpha value is -0.500. The molecule has 0 unspecified atom stereocenters. The molecule has 0 aromatic heterocycles. The van der Waals surface area contributed by atoms with Crippen molar-refractivity contribution < 1.29 is 5.11 Å². The molecule has 0 bridgehead atoms. The van der Waals surface area contributed by atoms with Crippen molar-refractivity contribution in [2.24, 2.45) is 0 Å². The van der Waals surface area contributed by atoms with Gasteiger partial charge in [-0.25, -0.2) is 0 Å². The molecule has 2 heteroatoms. The second kappa shape index (κ2) is 3.06. The minimum Gasteiger partial charge on any atom is -0.508 e. The zero-order valence-corrected chi connectivity index (χ0v) is 7.35. The van der Waals surface area contributed by atoms with Crippen LogP contribution in [-0.4, -0.2) is 5.11 Å². The molecule has 0 aliphatic heterocycles. The molecule has 54 valence electrons. The van der Waals surface area contributed by atoms with Gasteiger partial charge in [-0.1, -0.05) is 28.1 Å². The lowest BCUT2D eigenvalue weighted by molar-refractivity contribution is 0.470. The number of halogens is 1. The van der Waals surface area contributed by atoms with E-state index in [1.54, 1.807) is 6.07 Å². The predicted molar refractivity (Wildman–Crippen MR) is 45.5 cm³/mol. The summed E-state index contributed by atoms with van der Waals surface area (Å²) in [4.78, 5) is 0. The fraction of sp³-hybridized carbons (Fsp3) is 0.250. The molecule has 0 fully saturated rings. The number of benzene rings is 1. The van der Waals surface area contributed by atoms with Crippen LogP contribution in [0, 0.1) is 6.92 Å². The van der Waals surface area contributed by atoms with E-state index >= 15 is 0 Å². The molecule has 0 radical (unpaired) electrons. The molecule has 0 heterocycles. The number of hydrogen-bond acceptors (Lipinski definition) is 1. The Morgan fingerprint density at radius 2 is 2.20 bits per heavy atom. The van der Waals surface area contributed by atoms with Crippen molar-refractivity contribution in [3.05, 3.63) is 29.3 Å². The van der Waals surface area contributed by atoms with Crippen LogP contribution < -0.4 is 0 Å². The van der Waals surface area contributed by atoms with Gasteiger partial charge < -0.3 is 5.11 Å². The Bertz CT molecular complexity index is 212. The van der Waals surface area contributed by atoms with Gasteiger partial charge in [0.1, 0.15) is 5.75 Å². The molecule has 1 rings (SSSR count). The van der Waals surface area contributed by atoms with Crippen molar-refractivity contribution in [3.8, 4) is 5.75 Å². The maximum absolute atomic E-state index is 9.26. The molecular weight excluding hydrogens is 192 g/mol. The first-order valence-corrected chi connectivity index (χ1v) is 4.21. The van der Waals surface area contributed by atoms with E-state index in [4.69, 9.17) is 0 Å². The minimum absolute atomic E-state index is 0.372. The molecule has 0 amide bonds. The molecule has 0 aliphatic carbocycles. The summed E-state index contributed by atoms with van der Waals surface area (Å²) in [5.41, 5.74) is 2.10. The van der Waals surface area contributed by atoms with E-state index in [-0.39, 0.29) is 0 Å². The lowest BCUT2D eigenvalue weighted by Gasteiger charge is -2.02. The number of aromatic hydroxyl groups is 1. The maximum Gasteiger partial charge on any atom is 0.119 e. The summed E-state index contributed by atoms with van der Waals surface area (Å²) >= 11 is 3.30. The van der Waals surface area contributed by atoms with Gasteiger partial charge >= 0.3 is 0 Å². The number of hydrogen-bond donors (Lipinski definition) is 1. The lowest BCUT2D eigenvalue weighted by Crippen LogP contribution is -1.83. The molecule has 0 saturated carbocycles. The second-order valence-electron chi connectivity index (χ2n) is 2.21. The van der Waals surface area contributed by atoms with E-state index in [2.05, 4.69) is 15.9 Å². The van der Waals surface area contributed by atoms with Gasteiger partial charge in [0.25, 0.3) is 0 Å². The van der Waals surface area contributed by atoms with Crippen LogP contribution in [0.2, 0.25) is 0 Å². The zero-order valence-electron chi connectivity index (χ0n) is 5.76. The van der Waals surface area contributed by atoms with E-state index in [1.807, 2.05) is 19.1 Å². The highest BCUT2D eigenvalue weighted by Crippen LogP contribution is 2.22. The zero-order chi connectivity index (χ0) is 7.56.